The lowest BCUT2D eigenvalue weighted by Gasteiger charge is -2.09. The number of hydrogen-bond acceptors (Lipinski definition) is 3. The van der Waals surface area contributed by atoms with Crippen molar-refractivity contribution in [2.75, 3.05) is 0 Å². The summed E-state index contributed by atoms with van der Waals surface area (Å²) in [6.45, 7) is 0. The number of fused-ring (bicyclic) bond motifs is 6. The van der Waals surface area contributed by atoms with E-state index in [9.17, 15) is 10.0 Å². The standard InChI is InChI=1S/C26H17BO3/c28-27(29)20-12-11-16-13-19(10-9-17(16)14-20)23-15-18-5-1-2-6-21(18)25-22-7-3-4-8-24(22)30-26(23)25/h1-15,28-29H. The quantitative estimate of drug-likeness (QED) is 0.399. The molecule has 0 spiro atoms. The van der Waals surface area contributed by atoms with Crippen LogP contribution in [0.25, 0.3) is 54.6 Å². The second kappa shape index (κ2) is 6.46. The van der Waals surface area contributed by atoms with Crippen LogP contribution in [0.3, 0.4) is 0 Å². The molecule has 3 nitrogen and oxygen atoms in total. The number of hydrogen-bond donors (Lipinski definition) is 2. The van der Waals surface area contributed by atoms with Crippen molar-refractivity contribution in [2.24, 2.45) is 0 Å². The van der Waals surface area contributed by atoms with Crippen LogP contribution in [0.1, 0.15) is 0 Å². The summed E-state index contributed by atoms with van der Waals surface area (Å²) in [5.41, 5.74) is 4.37. The van der Waals surface area contributed by atoms with Gasteiger partial charge in [0.1, 0.15) is 11.2 Å². The first-order chi connectivity index (χ1) is 14.7. The second-order valence-electron chi connectivity index (χ2n) is 7.64. The van der Waals surface area contributed by atoms with E-state index in [1.165, 1.54) is 10.8 Å². The maximum Gasteiger partial charge on any atom is 0.488 e. The molecule has 6 aromatic rings. The number of rotatable bonds is 2. The number of para-hydroxylation sites is 1. The molecule has 6 rings (SSSR count). The topological polar surface area (TPSA) is 53.6 Å². The van der Waals surface area contributed by atoms with E-state index in [-0.39, 0.29) is 0 Å². The minimum absolute atomic E-state index is 0.487. The molecular weight excluding hydrogens is 371 g/mol. The molecule has 2 N–H and O–H groups in total. The SMILES string of the molecule is OB(O)c1ccc2cc(-c3cc4ccccc4c4c3oc3ccccc34)ccc2c1. The molecule has 0 aliphatic rings. The van der Waals surface area contributed by atoms with Crippen molar-refractivity contribution in [2.45, 2.75) is 0 Å². The van der Waals surface area contributed by atoms with Crippen molar-refractivity contribution in [3.63, 3.8) is 0 Å². The fourth-order valence-corrected chi connectivity index (χ4v) is 4.38. The molecule has 5 aromatic carbocycles. The van der Waals surface area contributed by atoms with E-state index in [1.807, 2.05) is 30.3 Å². The summed E-state index contributed by atoms with van der Waals surface area (Å²) in [6.07, 6.45) is 0. The van der Waals surface area contributed by atoms with Crippen molar-refractivity contribution in [3.8, 4) is 11.1 Å². The van der Waals surface area contributed by atoms with Gasteiger partial charge in [0.2, 0.25) is 0 Å². The van der Waals surface area contributed by atoms with E-state index < -0.39 is 7.12 Å². The van der Waals surface area contributed by atoms with Gasteiger partial charge in [0.25, 0.3) is 0 Å². The highest BCUT2D eigenvalue weighted by molar-refractivity contribution is 6.58. The van der Waals surface area contributed by atoms with E-state index in [1.54, 1.807) is 12.1 Å². The average molecular weight is 388 g/mol. The molecule has 1 aromatic heterocycles. The zero-order valence-corrected chi connectivity index (χ0v) is 16.0. The Morgan fingerprint density at radius 3 is 2.23 bits per heavy atom. The highest BCUT2D eigenvalue weighted by Crippen LogP contribution is 2.41. The van der Waals surface area contributed by atoms with Gasteiger partial charge in [-0.05, 0) is 50.8 Å². The molecular formula is C26H17BO3. The fraction of sp³-hybridized carbons (Fsp3) is 0. The van der Waals surface area contributed by atoms with Gasteiger partial charge < -0.3 is 14.5 Å². The Morgan fingerprint density at radius 1 is 0.633 bits per heavy atom. The Morgan fingerprint density at radius 2 is 1.37 bits per heavy atom. The number of furan rings is 1. The van der Waals surface area contributed by atoms with Gasteiger partial charge >= 0.3 is 7.12 Å². The lowest BCUT2D eigenvalue weighted by atomic mass is 9.79. The summed E-state index contributed by atoms with van der Waals surface area (Å²) in [5.74, 6) is 0. The van der Waals surface area contributed by atoms with E-state index in [0.717, 1.165) is 43.8 Å². The lowest BCUT2D eigenvalue weighted by Crippen LogP contribution is -2.29. The van der Waals surface area contributed by atoms with Crippen molar-refractivity contribution < 1.29 is 14.5 Å². The van der Waals surface area contributed by atoms with Crippen LogP contribution >= 0.6 is 0 Å². The molecule has 0 radical (unpaired) electrons. The lowest BCUT2D eigenvalue weighted by molar-refractivity contribution is 0.426. The van der Waals surface area contributed by atoms with Gasteiger partial charge in [-0.1, -0.05) is 72.8 Å². The molecule has 142 valence electrons. The monoisotopic (exact) mass is 388 g/mol. The van der Waals surface area contributed by atoms with Crippen LogP contribution in [0.5, 0.6) is 0 Å². The van der Waals surface area contributed by atoms with Gasteiger partial charge in [-0.3, -0.25) is 0 Å². The maximum atomic E-state index is 9.45. The molecule has 0 saturated carbocycles. The molecule has 0 fully saturated rings. The predicted octanol–water partition coefficient (Wildman–Crippen LogP) is 5.24. The van der Waals surface area contributed by atoms with Crippen molar-refractivity contribution in [1.29, 1.82) is 0 Å². The van der Waals surface area contributed by atoms with Gasteiger partial charge in [-0.2, -0.15) is 0 Å². The Hall–Kier alpha value is -3.60. The molecule has 0 atom stereocenters. The zero-order valence-electron chi connectivity index (χ0n) is 16.0. The molecule has 4 heteroatoms. The molecule has 0 saturated heterocycles. The van der Waals surface area contributed by atoms with E-state index in [4.69, 9.17) is 4.42 Å². The minimum Gasteiger partial charge on any atom is -0.455 e. The third-order valence-electron chi connectivity index (χ3n) is 5.84. The van der Waals surface area contributed by atoms with E-state index in [2.05, 4.69) is 48.5 Å². The smallest absolute Gasteiger partial charge is 0.455 e. The molecule has 0 aliphatic carbocycles. The van der Waals surface area contributed by atoms with Crippen LogP contribution in [0.2, 0.25) is 0 Å². The van der Waals surface area contributed by atoms with Crippen LogP contribution in [-0.2, 0) is 0 Å². The predicted molar refractivity (Wildman–Crippen MR) is 124 cm³/mol. The normalized spacial score (nSPS) is 11.7. The molecule has 1 heterocycles. The third-order valence-corrected chi connectivity index (χ3v) is 5.84. The maximum absolute atomic E-state index is 9.45. The van der Waals surface area contributed by atoms with Gasteiger partial charge in [0.15, 0.2) is 0 Å². The molecule has 0 unspecified atom stereocenters. The Labute approximate surface area is 172 Å². The molecule has 0 bridgehead atoms. The van der Waals surface area contributed by atoms with Crippen molar-refractivity contribution in [1.82, 2.24) is 0 Å². The molecule has 0 aliphatic heterocycles. The van der Waals surface area contributed by atoms with Crippen LogP contribution in [0, 0.1) is 0 Å². The first-order valence-electron chi connectivity index (χ1n) is 9.92. The van der Waals surface area contributed by atoms with Crippen LogP contribution in [0.4, 0.5) is 0 Å². The number of benzene rings is 5. The fourth-order valence-electron chi connectivity index (χ4n) is 4.38. The van der Waals surface area contributed by atoms with Crippen molar-refractivity contribution >= 4 is 56.1 Å². The third kappa shape index (κ3) is 2.55. The van der Waals surface area contributed by atoms with E-state index in [0.29, 0.717) is 5.46 Å². The zero-order chi connectivity index (χ0) is 20.2. The highest BCUT2D eigenvalue weighted by atomic mass is 16.4. The molecule has 0 amide bonds. The highest BCUT2D eigenvalue weighted by Gasteiger charge is 2.16. The average Bonchev–Trinajstić information content (AvgIpc) is 3.17. The summed E-state index contributed by atoms with van der Waals surface area (Å²) >= 11 is 0. The Balaban J connectivity index is 1.68. The van der Waals surface area contributed by atoms with Crippen LogP contribution in [0.15, 0.2) is 95.4 Å². The second-order valence-corrected chi connectivity index (χ2v) is 7.64. The van der Waals surface area contributed by atoms with E-state index >= 15 is 0 Å². The minimum atomic E-state index is -1.47. The van der Waals surface area contributed by atoms with Crippen LogP contribution < -0.4 is 5.46 Å². The van der Waals surface area contributed by atoms with Crippen molar-refractivity contribution in [3.05, 3.63) is 91.0 Å². The van der Waals surface area contributed by atoms with Gasteiger partial charge in [-0.15, -0.1) is 0 Å². The largest absolute Gasteiger partial charge is 0.488 e. The van der Waals surface area contributed by atoms with Gasteiger partial charge in [-0.25, -0.2) is 0 Å². The molecule has 30 heavy (non-hydrogen) atoms. The summed E-state index contributed by atoms with van der Waals surface area (Å²) in [6, 6.07) is 30.4. The summed E-state index contributed by atoms with van der Waals surface area (Å²) in [5, 5.41) is 25.5. The first-order valence-corrected chi connectivity index (χ1v) is 9.92. The Bertz CT molecular complexity index is 1580. The Kier molecular flexibility index (Phi) is 3.72. The first kappa shape index (κ1) is 17.3. The van der Waals surface area contributed by atoms with Gasteiger partial charge in [0.05, 0.1) is 0 Å². The summed E-state index contributed by atoms with van der Waals surface area (Å²) in [4.78, 5) is 0. The summed E-state index contributed by atoms with van der Waals surface area (Å²) < 4.78 is 6.34. The van der Waals surface area contributed by atoms with Gasteiger partial charge in [0, 0.05) is 16.3 Å². The summed E-state index contributed by atoms with van der Waals surface area (Å²) in [7, 11) is -1.47. The van der Waals surface area contributed by atoms with Crippen LogP contribution in [-0.4, -0.2) is 17.2 Å².